The first-order chi connectivity index (χ1) is 9.20. The summed E-state index contributed by atoms with van der Waals surface area (Å²) >= 11 is 6.28. The molecule has 0 atom stereocenters. The van der Waals surface area contributed by atoms with E-state index in [9.17, 15) is 0 Å². The van der Waals surface area contributed by atoms with Crippen LogP contribution in [0.15, 0.2) is 30.6 Å². The molecule has 0 fully saturated rings. The molecule has 4 heteroatoms. The molecule has 0 aliphatic carbocycles. The second-order valence-electron chi connectivity index (χ2n) is 4.52. The van der Waals surface area contributed by atoms with Gasteiger partial charge in [-0.1, -0.05) is 24.6 Å². The van der Waals surface area contributed by atoms with E-state index in [4.69, 9.17) is 16.3 Å². The van der Waals surface area contributed by atoms with Crippen molar-refractivity contribution in [2.75, 3.05) is 6.61 Å². The summed E-state index contributed by atoms with van der Waals surface area (Å²) in [6.07, 6.45) is 5.70. The van der Waals surface area contributed by atoms with E-state index in [-0.39, 0.29) is 0 Å². The second-order valence-corrected chi connectivity index (χ2v) is 4.93. The fourth-order valence-corrected chi connectivity index (χ4v) is 2.19. The number of benzene rings is 1. The average molecular weight is 279 g/mol. The van der Waals surface area contributed by atoms with Gasteiger partial charge in [0.15, 0.2) is 0 Å². The van der Waals surface area contributed by atoms with Crippen molar-refractivity contribution in [1.29, 1.82) is 0 Å². The molecule has 2 rings (SSSR count). The van der Waals surface area contributed by atoms with Crippen LogP contribution in [0.2, 0.25) is 5.02 Å². The summed E-state index contributed by atoms with van der Waals surface area (Å²) in [6.45, 7) is 5.71. The number of aryl methyl sites for hydroxylation is 3. The van der Waals surface area contributed by atoms with Gasteiger partial charge in [-0.3, -0.25) is 0 Å². The maximum Gasteiger partial charge on any atom is 0.120 e. The molecular formula is C15H19ClN2O. The fourth-order valence-electron chi connectivity index (χ4n) is 1.92. The van der Waals surface area contributed by atoms with Crippen LogP contribution >= 0.6 is 11.6 Å². The smallest absolute Gasteiger partial charge is 0.120 e. The maximum absolute atomic E-state index is 6.28. The molecule has 0 saturated heterocycles. The summed E-state index contributed by atoms with van der Waals surface area (Å²) in [5.41, 5.74) is 1.14. The van der Waals surface area contributed by atoms with Gasteiger partial charge in [0, 0.05) is 24.0 Å². The summed E-state index contributed by atoms with van der Waals surface area (Å²) in [5, 5.41) is 0.770. The van der Waals surface area contributed by atoms with E-state index >= 15 is 0 Å². The number of ether oxygens (including phenoxy) is 1. The number of aromatic nitrogens is 2. The lowest BCUT2D eigenvalue weighted by molar-refractivity contribution is 0.317. The van der Waals surface area contributed by atoms with Crippen LogP contribution in [0.4, 0.5) is 0 Å². The van der Waals surface area contributed by atoms with Crippen molar-refractivity contribution in [2.45, 2.75) is 33.2 Å². The van der Waals surface area contributed by atoms with E-state index in [1.54, 1.807) is 0 Å². The van der Waals surface area contributed by atoms with E-state index in [1.807, 2.05) is 37.5 Å². The zero-order valence-electron chi connectivity index (χ0n) is 11.4. The molecule has 19 heavy (non-hydrogen) atoms. The van der Waals surface area contributed by atoms with Crippen molar-refractivity contribution >= 4 is 11.6 Å². The van der Waals surface area contributed by atoms with Crippen LogP contribution in [-0.4, -0.2) is 16.2 Å². The normalized spacial score (nSPS) is 10.7. The third-order valence-corrected chi connectivity index (χ3v) is 3.39. The Morgan fingerprint density at radius 1 is 1.37 bits per heavy atom. The SMILES string of the molecule is CCCOc1ccc(CCn2ccnc2C)c(Cl)c1. The lowest BCUT2D eigenvalue weighted by Gasteiger charge is -2.09. The standard InChI is InChI=1S/C15H19ClN2O/c1-3-10-19-14-5-4-13(15(16)11-14)6-8-18-9-7-17-12(18)2/h4-5,7,9,11H,3,6,8,10H2,1-2H3. The van der Waals surface area contributed by atoms with Crippen LogP contribution in [0.1, 0.15) is 24.7 Å². The first kappa shape index (κ1) is 13.9. The Bertz CT molecular complexity index is 537. The molecule has 0 bridgehead atoms. The van der Waals surface area contributed by atoms with E-state index in [1.165, 1.54) is 0 Å². The quantitative estimate of drug-likeness (QED) is 0.802. The van der Waals surface area contributed by atoms with Gasteiger partial charge in [0.25, 0.3) is 0 Å². The molecule has 0 unspecified atom stereocenters. The molecule has 3 nitrogen and oxygen atoms in total. The van der Waals surface area contributed by atoms with Gasteiger partial charge in [-0.15, -0.1) is 0 Å². The molecule has 1 aromatic carbocycles. The van der Waals surface area contributed by atoms with Crippen molar-refractivity contribution in [3.05, 3.63) is 47.0 Å². The van der Waals surface area contributed by atoms with Gasteiger partial charge in [-0.2, -0.15) is 0 Å². The number of hydrogen-bond donors (Lipinski definition) is 0. The highest BCUT2D eigenvalue weighted by molar-refractivity contribution is 6.31. The van der Waals surface area contributed by atoms with Crippen molar-refractivity contribution in [3.8, 4) is 5.75 Å². The molecule has 0 aliphatic heterocycles. The zero-order chi connectivity index (χ0) is 13.7. The predicted octanol–water partition coefficient (Wildman–Crippen LogP) is 3.88. The predicted molar refractivity (Wildman–Crippen MR) is 77.9 cm³/mol. The minimum Gasteiger partial charge on any atom is -0.494 e. The van der Waals surface area contributed by atoms with Gasteiger partial charge in [0.1, 0.15) is 11.6 Å². The number of halogens is 1. The van der Waals surface area contributed by atoms with Crippen molar-refractivity contribution < 1.29 is 4.74 Å². The summed E-state index contributed by atoms with van der Waals surface area (Å²) in [7, 11) is 0. The molecular weight excluding hydrogens is 260 g/mol. The first-order valence-corrected chi connectivity index (χ1v) is 6.97. The number of imidazole rings is 1. The highest BCUT2D eigenvalue weighted by Gasteiger charge is 2.04. The van der Waals surface area contributed by atoms with Crippen LogP contribution in [0.25, 0.3) is 0 Å². The first-order valence-electron chi connectivity index (χ1n) is 6.59. The van der Waals surface area contributed by atoms with Crippen molar-refractivity contribution in [3.63, 3.8) is 0 Å². The molecule has 1 aromatic heterocycles. The van der Waals surface area contributed by atoms with Gasteiger partial charge < -0.3 is 9.30 Å². The van der Waals surface area contributed by atoms with Gasteiger partial charge in [-0.25, -0.2) is 4.98 Å². The third kappa shape index (κ3) is 3.74. The molecule has 0 spiro atoms. The minimum absolute atomic E-state index is 0.726. The highest BCUT2D eigenvalue weighted by Crippen LogP contribution is 2.23. The summed E-state index contributed by atoms with van der Waals surface area (Å²) in [5.74, 6) is 1.87. The Morgan fingerprint density at radius 2 is 2.21 bits per heavy atom. The molecule has 0 aliphatic rings. The van der Waals surface area contributed by atoms with E-state index < -0.39 is 0 Å². The van der Waals surface area contributed by atoms with Gasteiger partial charge in [0.05, 0.1) is 6.61 Å². The summed E-state index contributed by atoms with van der Waals surface area (Å²) < 4.78 is 7.68. The van der Waals surface area contributed by atoms with Crippen molar-refractivity contribution in [1.82, 2.24) is 9.55 Å². The molecule has 0 amide bonds. The van der Waals surface area contributed by atoms with Crippen LogP contribution in [-0.2, 0) is 13.0 Å². The second kappa shape index (κ2) is 6.62. The Balaban J connectivity index is 1.99. The molecule has 0 saturated carbocycles. The van der Waals surface area contributed by atoms with Gasteiger partial charge >= 0.3 is 0 Å². The molecule has 0 radical (unpaired) electrons. The Kier molecular flexibility index (Phi) is 4.86. The lowest BCUT2D eigenvalue weighted by Crippen LogP contribution is -2.03. The molecule has 2 aromatic rings. The molecule has 0 N–H and O–H groups in total. The Labute approximate surface area is 119 Å². The van der Waals surface area contributed by atoms with Crippen LogP contribution in [0, 0.1) is 6.92 Å². The number of nitrogens with zero attached hydrogens (tertiary/aromatic N) is 2. The topological polar surface area (TPSA) is 27.1 Å². The summed E-state index contributed by atoms with van der Waals surface area (Å²) in [6, 6.07) is 5.92. The molecule has 1 heterocycles. The molecule has 102 valence electrons. The van der Waals surface area contributed by atoms with E-state index in [0.29, 0.717) is 0 Å². The number of rotatable bonds is 6. The monoisotopic (exact) mass is 278 g/mol. The Hall–Kier alpha value is -1.48. The van der Waals surface area contributed by atoms with E-state index in [0.717, 1.165) is 48.2 Å². The van der Waals surface area contributed by atoms with Crippen molar-refractivity contribution in [2.24, 2.45) is 0 Å². The van der Waals surface area contributed by atoms with Crippen LogP contribution < -0.4 is 4.74 Å². The fraction of sp³-hybridized carbons (Fsp3) is 0.400. The minimum atomic E-state index is 0.726. The average Bonchev–Trinajstić information content (AvgIpc) is 2.81. The van der Waals surface area contributed by atoms with Crippen LogP contribution in [0.3, 0.4) is 0 Å². The van der Waals surface area contributed by atoms with Gasteiger partial charge in [0.2, 0.25) is 0 Å². The van der Waals surface area contributed by atoms with Gasteiger partial charge in [-0.05, 0) is 37.5 Å². The third-order valence-electron chi connectivity index (χ3n) is 3.04. The Morgan fingerprint density at radius 3 is 2.84 bits per heavy atom. The van der Waals surface area contributed by atoms with E-state index in [2.05, 4.69) is 16.5 Å². The largest absolute Gasteiger partial charge is 0.494 e. The van der Waals surface area contributed by atoms with Crippen LogP contribution in [0.5, 0.6) is 5.75 Å². The number of hydrogen-bond acceptors (Lipinski definition) is 2. The zero-order valence-corrected chi connectivity index (χ0v) is 12.2. The maximum atomic E-state index is 6.28. The highest BCUT2D eigenvalue weighted by atomic mass is 35.5. The summed E-state index contributed by atoms with van der Waals surface area (Å²) in [4.78, 5) is 4.21. The lowest BCUT2D eigenvalue weighted by atomic mass is 10.1.